The number of rotatable bonds is 4. The van der Waals surface area contributed by atoms with Crippen LogP contribution in [-0.4, -0.2) is 15.0 Å². The van der Waals surface area contributed by atoms with Gasteiger partial charge in [-0.3, -0.25) is 0 Å². The van der Waals surface area contributed by atoms with Crippen molar-refractivity contribution in [3.05, 3.63) is 139 Å². The zero-order valence-electron chi connectivity index (χ0n) is 22.5. The van der Waals surface area contributed by atoms with E-state index in [0.29, 0.717) is 0 Å². The molecule has 0 unspecified atom stereocenters. The lowest BCUT2D eigenvalue weighted by atomic mass is 9.98. The highest BCUT2D eigenvalue weighted by Gasteiger charge is 2.14. The second-order valence-corrected chi connectivity index (χ2v) is 10.3. The van der Waals surface area contributed by atoms with Gasteiger partial charge in [-0.05, 0) is 83.6 Å². The highest BCUT2D eigenvalue weighted by molar-refractivity contribution is 5.98. The van der Waals surface area contributed by atoms with Gasteiger partial charge in [0.2, 0.25) is 0 Å². The number of pyridine rings is 3. The molecular weight excluding hydrogens is 486 g/mol. The first-order valence-corrected chi connectivity index (χ1v) is 13.5. The molecule has 190 valence electrons. The molecule has 4 aromatic carbocycles. The molecule has 0 atom stereocenters. The van der Waals surface area contributed by atoms with E-state index in [2.05, 4.69) is 111 Å². The lowest BCUT2D eigenvalue weighted by Gasteiger charge is -2.13. The molecule has 0 radical (unpaired) electrons. The van der Waals surface area contributed by atoms with Crippen LogP contribution in [0.2, 0.25) is 0 Å². The maximum Gasteiger partial charge on any atom is 0.0900 e. The molecule has 0 amide bonds. The number of hydrogen-bond acceptors (Lipinski definition) is 3. The van der Waals surface area contributed by atoms with Crippen LogP contribution < -0.4 is 0 Å². The van der Waals surface area contributed by atoms with E-state index >= 15 is 0 Å². The summed E-state index contributed by atoms with van der Waals surface area (Å²) in [7, 11) is 0. The normalized spacial score (nSPS) is 11.2. The van der Waals surface area contributed by atoms with E-state index < -0.39 is 0 Å². The van der Waals surface area contributed by atoms with E-state index in [-0.39, 0.29) is 0 Å². The summed E-state index contributed by atoms with van der Waals surface area (Å²) in [4.78, 5) is 15.3. The third kappa shape index (κ3) is 4.42. The number of fused-ring (bicyclic) bond motifs is 2. The minimum absolute atomic E-state index is 0.825. The Bertz CT molecular complexity index is 1870. The summed E-state index contributed by atoms with van der Waals surface area (Å²) >= 11 is 0. The highest BCUT2D eigenvalue weighted by Crippen LogP contribution is 2.35. The third-order valence-electron chi connectivity index (χ3n) is 7.37. The molecule has 0 bridgehead atoms. The van der Waals surface area contributed by atoms with Gasteiger partial charge in [-0.25, -0.2) is 15.0 Å². The van der Waals surface area contributed by atoms with Crippen molar-refractivity contribution in [3.63, 3.8) is 0 Å². The molecule has 0 saturated heterocycles. The van der Waals surface area contributed by atoms with E-state index in [9.17, 15) is 0 Å². The molecule has 7 rings (SSSR count). The van der Waals surface area contributed by atoms with E-state index in [4.69, 9.17) is 15.0 Å². The zero-order chi connectivity index (χ0) is 27.1. The average molecular weight is 514 g/mol. The van der Waals surface area contributed by atoms with Gasteiger partial charge in [0.15, 0.2) is 0 Å². The molecule has 7 aromatic rings. The fourth-order valence-electron chi connectivity index (χ4n) is 5.37. The van der Waals surface area contributed by atoms with Crippen LogP contribution >= 0.6 is 0 Å². The Morgan fingerprint density at radius 1 is 0.375 bits per heavy atom. The number of hydrogen-bond donors (Lipinski definition) is 0. The molecule has 0 fully saturated rings. The summed E-state index contributed by atoms with van der Waals surface area (Å²) in [6.07, 6.45) is 0. The Labute approximate surface area is 233 Å². The quantitative estimate of drug-likeness (QED) is 0.235. The second-order valence-electron chi connectivity index (χ2n) is 10.3. The van der Waals surface area contributed by atoms with E-state index in [0.717, 1.165) is 66.8 Å². The maximum absolute atomic E-state index is 5.12. The Morgan fingerprint density at radius 3 is 1.27 bits per heavy atom. The molecule has 3 nitrogen and oxygen atoms in total. The minimum Gasteiger partial charge on any atom is -0.246 e. The first-order valence-electron chi connectivity index (χ1n) is 13.5. The molecule has 3 heterocycles. The Balaban J connectivity index is 1.41. The summed E-state index contributed by atoms with van der Waals surface area (Å²) in [6.45, 7) is 4.21. The van der Waals surface area contributed by atoms with Crippen molar-refractivity contribution in [2.24, 2.45) is 0 Å². The van der Waals surface area contributed by atoms with Gasteiger partial charge in [-0.15, -0.1) is 0 Å². The van der Waals surface area contributed by atoms with Gasteiger partial charge in [0.05, 0.1) is 33.8 Å². The minimum atomic E-state index is 0.825. The van der Waals surface area contributed by atoms with Crippen LogP contribution in [0, 0.1) is 13.8 Å². The summed E-state index contributed by atoms with van der Waals surface area (Å²) in [5.74, 6) is 0. The fourth-order valence-corrected chi connectivity index (χ4v) is 5.37. The third-order valence-corrected chi connectivity index (χ3v) is 7.37. The monoisotopic (exact) mass is 513 g/mol. The molecule has 0 spiro atoms. The second kappa shape index (κ2) is 9.87. The smallest absolute Gasteiger partial charge is 0.0900 e. The first kappa shape index (κ1) is 23.9. The summed E-state index contributed by atoms with van der Waals surface area (Å²) < 4.78 is 0. The van der Waals surface area contributed by atoms with Gasteiger partial charge < -0.3 is 0 Å². The first-order chi connectivity index (χ1) is 19.6. The number of aromatic nitrogens is 3. The molecule has 0 aliphatic carbocycles. The van der Waals surface area contributed by atoms with Gasteiger partial charge in [-0.2, -0.15) is 0 Å². The van der Waals surface area contributed by atoms with Crippen LogP contribution in [0.4, 0.5) is 0 Å². The predicted molar refractivity (Wildman–Crippen MR) is 166 cm³/mol. The van der Waals surface area contributed by atoms with Crippen molar-refractivity contribution in [3.8, 4) is 45.0 Å². The van der Waals surface area contributed by atoms with Gasteiger partial charge >= 0.3 is 0 Å². The SMILES string of the molecule is Cc1ccc2c(-c3ccccc3)cc(-c3cccc(-c4cc(-c5ccccc5)c5ccc(C)cc5n4)n3)nc2c1. The van der Waals surface area contributed by atoms with Gasteiger partial charge in [0.1, 0.15) is 0 Å². The van der Waals surface area contributed by atoms with Gasteiger partial charge in [0, 0.05) is 10.8 Å². The molecular formula is C37H27N3. The topological polar surface area (TPSA) is 38.7 Å². The molecule has 0 N–H and O–H groups in total. The van der Waals surface area contributed by atoms with Crippen molar-refractivity contribution in [2.75, 3.05) is 0 Å². The molecule has 0 saturated carbocycles. The Morgan fingerprint density at radius 2 is 0.825 bits per heavy atom. The van der Waals surface area contributed by atoms with Crippen molar-refractivity contribution >= 4 is 21.8 Å². The number of benzene rings is 4. The van der Waals surface area contributed by atoms with Crippen molar-refractivity contribution in [1.82, 2.24) is 15.0 Å². The van der Waals surface area contributed by atoms with Crippen LogP contribution in [0.3, 0.4) is 0 Å². The van der Waals surface area contributed by atoms with E-state index in [1.165, 1.54) is 11.1 Å². The maximum atomic E-state index is 5.12. The van der Waals surface area contributed by atoms with Crippen LogP contribution in [0.1, 0.15) is 11.1 Å². The van der Waals surface area contributed by atoms with Crippen molar-refractivity contribution in [1.29, 1.82) is 0 Å². The summed E-state index contributed by atoms with van der Waals surface area (Å²) in [5.41, 5.74) is 12.3. The van der Waals surface area contributed by atoms with Crippen LogP contribution in [-0.2, 0) is 0 Å². The van der Waals surface area contributed by atoms with E-state index in [1.54, 1.807) is 0 Å². The largest absolute Gasteiger partial charge is 0.246 e. The molecule has 40 heavy (non-hydrogen) atoms. The van der Waals surface area contributed by atoms with Crippen LogP contribution in [0.25, 0.3) is 66.8 Å². The molecule has 0 aliphatic heterocycles. The summed E-state index contributed by atoms with van der Waals surface area (Å²) in [6, 6.07) is 44.3. The number of nitrogens with zero attached hydrogens (tertiary/aromatic N) is 3. The highest BCUT2D eigenvalue weighted by atomic mass is 14.8. The lowest BCUT2D eigenvalue weighted by Crippen LogP contribution is -1.96. The summed E-state index contributed by atoms with van der Waals surface area (Å²) in [5, 5.41) is 2.27. The molecule has 3 heteroatoms. The van der Waals surface area contributed by atoms with Gasteiger partial charge in [-0.1, -0.05) is 91.0 Å². The lowest BCUT2D eigenvalue weighted by molar-refractivity contribution is 1.25. The van der Waals surface area contributed by atoms with Crippen molar-refractivity contribution in [2.45, 2.75) is 13.8 Å². The molecule has 0 aliphatic rings. The fraction of sp³-hybridized carbons (Fsp3) is 0.0541. The number of aryl methyl sites for hydroxylation is 2. The molecule has 3 aromatic heterocycles. The Hall–Kier alpha value is -5.15. The van der Waals surface area contributed by atoms with Crippen LogP contribution in [0.5, 0.6) is 0 Å². The van der Waals surface area contributed by atoms with Gasteiger partial charge in [0.25, 0.3) is 0 Å². The zero-order valence-corrected chi connectivity index (χ0v) is 22.5. The standard InChI is InChI=1S/C37H27N3/c1-24-16-18-28-30(26-10-5-3-6-11-26)22-36(39-34(28)20-24)32-14-9-15-33(38-32)37-23-31(27-12-7-4-8-13-27)29-19-17-25(2)21-35(29)40-37/h3-23H,1-2H3. The van der Waals surface area contributed by atoms with Crippen molar-refractivity contribution < 1.29 is 0 Å². The Kier molecular flexibility index (Phi) is 5.90. The predicted octanol–water partition coefficient (Wildman–Crippen LogP) is 9.46. The van der Waals surface area contributed by atoms with Crippen LogP contribution in [0.15, 0.2) is 127 Å². The average Bonchev–Trinajstić information content (AvgIpc) is 3.00. The van der Waals surface area contributed by atoms with E-state index in [1.807, 2.05) is 30.3 Å².